The average Bonchev–Trinajstić information content (AvgIpc) is 3.40. The molecule has 0 fully saturated rings. The molecule has 6 aromatic rings. The number of fused-ring (bicyclic) bond motifs is 3. The summed E-state index contributed by atoms with van der Waals surface area (Å²) in [6.45, 7) is 0. The normalized spacial score (nSPS) is 16.3. The Bertz CT molecular complexity index is 1950. The van der Waals surface area contributed by atoms with Gasteiger partial charge in [0.2, 0.25) is 0 Å². The van der Waals surface area contributed by atoms with Gasteiger partial charge in [-0.05, 0) is 45.0 Å². The van der Waals surface area contributed by atoms with Gasteiger partial charge in [-0.3, -0.25) is 0 Å². The van der Waals surface area contributed by atoms with Crippen LogP contribution in [0.2, 0.25) is 0 Å². The molecule has 2 aliphatic rings. The standard InChI is InChI=1S/C40H29N3/c1-4-15-28(16-5-1)37-41-38(29-17-6-2-7-18-29)43-39(42-37)30-19-14-22-32(27-30)40(31-20-8-3-9-21-31)35-25-12-10-23-33(35)34-24-11-13-26-36(34)40/h1-27,37H,(H,41,42,43). The van der Waals surface area contributed by atoms with Gasteiger partial charge in [0.25, 0.3) is 0 Å². The summed E-state index contributed by atoms with van der Waals surface area (Å²) in [5.74, 6) is 1.63. The third-order valence-corrected chi connectivity index (χ3v) is 8.61. The maximum Gasteiger partial charge on any atom is 0.169 e. The highest BCUT2D eigenvalue weighted by atomic mass is 15.2. The molecule has 0 amide bonds. The van der Waals surface area contributed by atoms with Gasteiger partial charge in [0.15, 0.2) is 6.17 Å². The van der Waals surface area contributed by atoms with Gasteiger partial charge >= 0.3 is 0 Å². The molecule has 8 rings (SSSR count). The summed E-state index contributed by atoms with van der Waals surface area (Å²) in [6, 6.07) is 58.1. The van der Waals surface area contributed by atoms with E-state index in [0.29, 0.717) is 0 Å². The Morgan fingerprint density at radius 3 is 1.58 bits per heavy atom. The molecule has 43 heavy (non-hydrogen) atoms. The number of amidine groups is 2. The quantitative estimate of drug-likeness (QED) is 0.229. The molecule has 1 atom stereocenters. The number of hydrogen-bond donors (Lipinski definition) is 1. The fourth-order valence-corrected chi connectivity index (χ4v) is 6.73. The predicted octanol–water partition coefficient (Wildman–Crippen LogP) is 8.55. The Balaban J connectivity index is 1.33. The molecule has 0 aromatic heterocycles. The molecule has 1 aliphatic carbocycles. The third kappa shape index (κ3) is 4.12. The number of hydrogen-bond acceptors (Lipinski definition) is 3. The first-order valence-corrected chi connectivity index (χ1v) is 14.7. The topological polar surface area (TPSA) is 36.8 Å². The minimum atomic E-state index is -0.463. The SMILES string of the molecule is c1ccc(C2=NC(c3ccccc3)N=C(c3cccc(C4(c5ccccc5)c5ccccc5-c5ccccc54)c3)N2)cc1. The van der Waals surface area contributed by atoms with Crippen LogP contribution in [0.25, 0.3) is 11.1 Å². The summed E-state index contributed by atoms with van der Waals surface area (Å²) in [7, 11) is 0. The predicted molar refractivity (Wildman–Crippen MR) is 176 cm³/mol. The van der Waals surface area contributed by atoms with E-state index in [0.717, 1.165) is 28.4 Å². The van der Waals surface area contributed by atoms with Crippen molar-refractivity contribution in [3.8, 4) is 11.1 Å². The second-order valence-corrected chi connectivity index (χ2v) is 11.0. The third-order valence-electron chi connectivity index (χ3n) is 8.61. The van der Waals surface area contributed by atoms with Gasteiger partial charge in [-0.2, -0.15) is 0 Å². The summed E-state index contributed by atoms with van der Waals surface area (Å²) >= 11 is 0. The fourth-order valence-electron chi connectivity index (χ4n) is 6.73. The maximum atomic E-state index is 5.17. The van der Waals surface area contributed by atoms with Gasteiger partial charge in [0.1, 0.15) is 11.7 Å². The van der Waals surface area contributed by atoms with E-state index < -0.39 is 5.41 Å². The number of benzene rings is 6. The van der Waals surface area contributed by atoms with E-state index in [9.17, 15) is 0 Å². The second kappa shape index (κ2) is 10.4. The van der Waals surface area contributed by atoms with E-state index in [1.165, 1.54) is 33.4 Å². The molecular formula is C40H29N3. The van der Waals surface area contributed by atoms with Crippen LogP contribution in [0.3, 0.4) is 0 Å². The summed E-state index contributed by atoms with van der Waals surface area (Å²) in [6.07, 6.45) is -0.340. The van der Waals surface area contributed by atoms with Crippen LogP contribution in [0, 0.1) is 0 Å². The Morgan fingerprint density at radius 2 is 0.930 bits per heavy atom. The highest BCUT2D eigenvalue weighted by molar-refractivity contribution is 6.16. The van der Waals surface area contributed by atoms with Crippen LogP contribution >= 0.6 is 0 Å². The summed E-state index contributed by atoms with van der Waals surface area (Å²) in [5, 5.41) is 3.59. The van der Waals surface area contributed by atoms with Crippen LogP contribution in [0.4, 0.5) is 0 Å². The number of nitrogens with zero attached hydrogens (tertiary/aromatic N) is 2. The van der Waals surface area contributed by atoms with Crippen molar-refractivity contribution < 1.29 is 0 Å². The number of aliphatic imine (C=N–C) groups is 2. The van der Waals surface area contributed by atoms with Crippen molar-refractivity contribution in [2.24, 2.45) is 9.98 Å². The average molecular weight is 552 g/mol. The molecule has 1 unspecified atom stereocenters. The lowest BCUT2D eigenvalue weighted by Gasteiger charge is -2.34. The number of rotatable bonds is 5. The lowest BCUT2D eigenvalue weighted by Crippen LogP contribution is -2.36. The zero-order chi connectivity index (χ0) is 28.6. The Morgan fingerprint density at radius 1 is 0.442 bits per heavy atom. The largest absolute Gasteiger partial charge is 0.324 e. The van der Waals surface area contributed by atoms with E-state index in [-0.39, 0.29) is 6.17 Å². The highest BCUT2D eigenvalue weighted by Gasteiger charge is 2.46. The van der Waals surface area contributed by atoms with Crippen molar-refractivity contribution in [2.45, 2.75) is 11.6 Å². The first-order valence-electron chi connectivity index (χ1n) is 14.7. The van der Waals surface area contributed by atoms with Crippen LogP contribution in [0.1, 0.15) is 45.1 Å². The smallest absolute Gasteiger partial charge is 0.169 e. The van der Waals surface area contributed by atoms with Crippen molar-refractivity contribution in [1.29, 1.82) is 0 Å². The molecule has 0 saturated heterocycles. The van der Waals surface area contributed by atoms with Crippen molar-refractivity contribution in [3.63, 3.8) is 0 Å². The summed E-state index contributed by atoms with van der Waals surface area (Å²) < 4.78 is 0. The van der Waals surface area contributed by atoms with Crippen LogP contribution in [-0.4, -0.2) is 11.7 Å². The van der Waals surface area contributed by atoms with Crippen LogP contribution in [0.15, 0.2) is 174 Å². The van der Waals surface area contributed by atoms with E-state index in [1.54, 1.807) is 0 Å². The van der Waals surface area contributed by atoms with Gasteiger partial charge in [-0.1, -0.05) is 158 Å². The van der Waals surface area contributed by atoms with E-state index in [4.69, 9.17) is 9.98 Å². The molecular weight excluding hydrogens is 522 g/mol. The first kappa shape index (κ1) is 25.2. The molecule has 1 heterocycles. The van der Waals surface area contributed by atoms with Crippen molar-refractivity contribution >= 4 is 11.7 Å². The molecule has 3 heteroatoms. The molecule has 1 N–H and O–H groups in total. The van der Waals surface area contributed by atoms with E-state index in [2.05, 4.69) is 133 Å². The summed E-state index contributed by atoms with van der Waals surface area (Å²) in [4.78, 5) is 10.2. The van der Waals surface area contributed by atoms with E-state index in [1.807, 2.05) is 36.4 Å². The van der Waals surface area contributed by atoms with Crippen molar-refractivity contribution in [2.75, 3.05) is 0 Å². The van der Waals surface area contributed by atoms with Crippen LogP contribution in [-0.2, 0) is 5.41 Å². The first-order chi connectivity index (χ1) is 21.3. The zero-order valence-electron chi connectivity index (χ0n) is 23.6. The lowest BCUT2D eigenvalue weighted by atomic mass is 9.67. The highest BCUT2D eigenvalue weighted by Crippen LogP contribution is 2.55. The molecule has 3 nitrogen and oxygen atoms in total. The molecule has 6 aromatic carbocycles. The monoisotopic (exact) mass is 551 g/mol. The lowest BCUT2D eigenvalue weighted by molar-refractivity contribution is 0.754. The van der Waals surface area contributed by atoms with Crippen molar-refractivity contribution in [3.05, 3.63) is 203 Å². The van der Waals surface area contributed by atoms with E-state index >= 15 is 0 Å². The van der Waals surface area contributed by atoms with Crippen LogP contribution < -0.4 is 5.32 Å². The zero-order valence-corrected chi connectivity index (χ0v) is 23.6. The molecule has 0 spiro atoms. The molecule has 1 aliphatic heterocycles. The number of nitrogens with one attached hydrogen (secondary N) is 1. The minimum absolute atomic E-state index is 0.340. The summed E-state index contributed by atoms with van der Waals surface area (Å²) in [5.41, 5.74) is 10.3. The Hall–Kier alpha value is -5.54. The molecule has 0 radical (unpaired) electrons. The molecule has 0 bridgehead atoms. The Kier molecular flexibility index (Phi) is 6.08. The van der Waals surface area contributed by atoms with Gasteiger partial charge in [-0.15, -0.1) is 0 Å². The molecule has 204 valence electrons. The Labute approximate surface area is 252 Å². The van der Waals surface area contributed by atoms with Crippen LogP contribution in [0.5, 0.6) is 0 Å². The molecule has 0 saturated carbocycles. The maximum absolute atomic E-state index is 5.17. The van der Waals surface area contributed by atoms with Gasteiger partial charge < -0.3 is 5.32 Å². The van der Waals surface area contributed by atoms with Gasteiger partial charge in [-0.25, -0.2) is 9.98 Å². The van der Waals surface area contributed by atoms with Gasteiger partial charge in [0.05, 0.1) is 5.41 Å². The second-order valence-electron chi connectivity index (χ2n) is 11.0. The van der Waals surface area contributed by atoms with Crippen molar-refractivity contribution in [1.82, 2.24) is 5.32 Å². The fraction of sp³-hybridized carbons (Fsp3) is 0.0500. The minimum Gasteiger partial charge on any atom is -0.324 e. The van der Waals surface area contributed by atoms with Gasteiger partial charge in [0, 0.05) is 11.1 Å².